The highest BCUT2D eigenvalue weighted by molar-refractivity contribution is 5.55. The van der Waals surface area contributed by atoms with Crippen molar-refractivity contribution < 1.29 is 0 Å². The van der Waals surface area contributed by atoms with Crippen LogP contribution in [0.3, 0.4) is 0 Å². The highest BCUT2D eigenvalue weighted by Gasteiger charge is 2.17. The standard InChI is InChI=1S/C16H24N2/c1-2-8-16-15(6-1)7-4-12-18(16)11-3-5-14-9-10-17-13-14/h1-2,6,8,14,17H,3-5,7,9-13H2. The van der Waals surface area contributed by atoms with E-state index in [0.29, 0.717) is 0 Å². The Bertz CT molecular complexity index is 382. The lowest BCUT2D eigenvalue weighted by atomic mass is 9.99. The van der Waals surface area contributed by atoms with Crippen LogP contribution < -0.4 is 10.2 Å². The van der Waals surface area contributed by atoms with E-state index in [2.05, 4.69) is 34.5 Å². The third-order valence-corrected chi connectivity index (χ3v) is 4.41. The molecule has 0 radical (unpaired) electrons. The molecule has 0 spiro atoms. The average Bonchev–Trinajstić information content (AvgIpc) is 2.92. The van der Waals surface area contributed by atoms with Crippen molar-refractivity contribution in [1.29, 1.82) is 0 Å². The summed E-state index contributed by atoms with van der Waals surface area (Å²) < 4.78 is 0. The van der Waals surface area contributed by atoms with Gasteiger partial charge in [-0.2, -0.15) is 0 Å². The van der Waals surface area contributed by atoms with Crippen molar-refractivity contribution >= 4 is 5.69 Å². The topological polar surface area (TPSA) is 15.3 Å². The number of fused-ring (bicyclic) bond motifs is 1. The summed E-state index contributed by atoms with van der Waals surface area (Å²) in [6, 6.07) is 8.94. The fourth-order valence-corrected chi connectivity index (χ4v) is 3.38. The number of hydrogen-bond donors (Lipinski definition) is 1. The Morgan fingerprint density at radius 3 is 3.11 bits per heavy atom. The summed E-state index contributed by atoms with van der Waals surface area (Å²) in [4.78, 5) is 2.60. The molecule has 1 N–H and O–H groups in total. The maximum Gasteiger partial charge on any atom is 0.0398 e. The molecular formula is C16H24N2. The lowest BCUT2D eigenvalue weighted by molar-refractivity contribution is 0.503. The lowest BCUT2D eigenvalue weighted by Crippen LogP contribution is -2.30. The average molecular weight is 244 g/mol. The van der Waals surface area contributed by atoms with Crippen molar-refractivity contribution in [3.63, 3.8) is 0 Å². The summed E-state index contributed by atoms with van der Waals surface area (Å²) in [6.07, 6.45) is 6.71. The molecule has 0 aliphatic carbocycles. The molecule has 0 saturated carbocycles. The van der Waals surface area contributed by atoms with Crippen molar-refractivity contribution in [2.75, 3.05) is 31.1 Å². The Balaban J connectivity index is 1.54. The SMILES string of the molecule is c1ccc2c(c1)CCCN2CCCC1CCNC1. The molecule has 0 aromatic heterocycles. The predicted molar refractivity (Wildman–Crippen MR) is 77.2 cm³/mol. The summed E-state index contributed by atoms with van der Waals surface area (Å²) in [5.41, 5.74) is 3.04. The van der Waals surface area contributed by atoms with Crippen molar-refractivity contribution in [3.05, 3.63) is 29.8 Å². The van der Waals surface area contributed by atoms with E-state index in [1.165, 1.54) is 64.0 Å². The Morgan fingerprint density at radius 2 is 2.22 bits per heavy atom. The van der Waals surface area contributed by atoms with Gasteiger partial charge in [0.1, 0.15) is 0 Å². The number of nitrogens with zero attached hydrogens (tertiary/aromatic N) is 1. The van der Waals surface area contributed by atoms with Crippen molar-refractivity contribution in [2.45, 2.75) is 32.1 Å². The number of nitrogens with one attached hydrogen (secondary N) is 1. The van der Waals surface area contributed by atoms with E-state index in [9.17, 15) is 0 Å². The number of hydrogen-bond acceptors (Lipinski definition) is 2. The molecule has 0 amide bonds. The fraction of sp³-hybridized carbons (Fsp3) is 0.625. The summed E-state index contributed by atoms with van der Waals surface area (Å²) >= 11 is 0. The van der Waals surface area contributed by atoms with Gasteiger partial charge in [0.15, 0.2) is 0 Å². The van der Waals surface area contributed by atoms with E-state index in [1.54, 1.807) is 5.56 Å². The molecule has 1 atom stereocenters. The van der Waals surface area contributed by atoms with Crippen LogP contribution >= 0.6 is 0 Å². The molecule has 2 aliphatic rings. The molecule has 2 nitrogen and oxygen atoms in total. The van der Waals surface area contributed by atoms with Crippen LogP contribution in [0.2, 0.25) is 0 Å². The first-order chi connectivity index (χ1) is 8.93. The van der Waals surface area contributed by atoms with Gasteiger partial charge >= 0.3 is 0 Å². The number of para-hydroxylation sites is 1. The maximum absolute atomic E-state index is 3.46. The second-order valence-corrected chi connectivity index (χ2v) is 5.72. The van der Waals surface area contributed by atoms with Gasteiger partial charge in [-0.25, -0.2) is 0 Å². The Morgan fingerprint density at radius 1 is 1.28 bits per heavy atom. The van der Waals surface area contributed by atoms with Crippen LogP contribution in [-0.4, -0.2) is 26.2 Å². The second kappa shape index (κ2) is 5.75. The maximum atomic E-state index is 3.46. The van der Waals surface area contributed by atoms with E-state index < -0.39 is 0 Å². The Hall–Kier alpha value is -1.02. The van der Waals surface area contributed by atoms with Gasteiger partial charge in [0, 0.05) is 18.8 Å². The zero-order valence-corrected chi connectivity index (χ0v) is 11.2. The second-order valence-electron chi connectivity index (χ2n) is 5.72. The molecule has 18 heavy (non-hydrogen) atoms. The Kier molecular flexibility index (Phi) is 3.84. The molecule has 2 aliphatic heterocycles. The third kappa shape index (κ3) is 2.69. The van der Waals surface area contributed by atoms with Gasteiger partial charge in [-0.05, 0) is 62.7 Å². The number of rotatable bonds is 4. The van der Waals surface area contributed by atoms with Crippen LogP contribution in [-0.2, 0) is 6.42 Å². The number of anilines is 1. The number of aryl methyl sites for hydroxylation is 1. The van der Waals surface area contributed by atoms with Gasteiger partial charge in [-0.15, -0.1) is 0 Å². The van der Waals surface area contributed by atoms with Crippen molar-refractivity contribution in [2.24, 2.45) is 5.92 Å². The van der Waals surface area contributed by atoms with E-state index in [4.69, 9.17) is 0 Å². The smallest absolute Gasteiger partial charge is 0.0398 e. The highest BCUT2D eigenvalue weighted by Crippen LogP contribution is 2.27. The minimum Gasteiger partial charge on any atom is -0.371 e. The monoisotopic (exact) mass is 244 g/mol. The van der Waals surface area contributed by atoms with Gasteiger partial charge in [-0.1, -0.05) is 18.2 Å². The lowest BCUT2D eigenvalue weighted by Gasteiger charge is -2.31. The summed E-state index contributed by atoms with van der Waals surface area (Å²) in [5, 5.41) is 3.46. The molecule has 1 saturated heterocycles. The molecule has 1 fully saturated rings. The molecule has 2 heterocycles. The zero-order valence-electron chi connectivity index (χ0n) is 11.2. The van der Waals surface area contributed by atoms with Crippen LogP contribution in [0, 0.1) is 5.92 Å². The molecule has 1 unspecified atom stereocenters. The van der Waals surface area contributed by atoms with E-state index in [0.717, 1.165) is 5.92 Å². The van der Waals surface area contributed by atoms with Gasteiger partial charge in [0.05, 0.1) is 0 Å². The normalized spacial score (nSPS) is 23.1. The first-order valence-corrected chi connectivity index (χ1v) is 7.47. The highest BCUT2D eigenvalue weighted by atomic mass is 15.1. The molecular weight excluding hydrogens is 220 g/mol. The van der Waals surface area contributed by atoms with Crippen LogP contribution in [0.4, 0.5) is 5.69 Å². The first-order valence-electron chi connectivity index (χ1n) is 7.47. The Labute approximate surface area is 110 Å². The molecule has 3 rings (SSSR count). The van der Waals surface area contributed by atoms with E-state index >= 15 is 0 Å². The molecule has 1 aromatic carbocycles. The fourth-order valence-electron chi connectivity index (χ4n) is 3.38. The minimum atomic E-state index is 0.935. The molecule has 2 heteroatoms. The van der Waals surface area contributed by atoms with Crippen LogP contribution in [0.25, 0.3) is 0 Å². The summed E-state index contributed by atoms with van der Waals surface area (Å²) in [6.45, 7) is 4.97. The van der Waals surface area contributed by atoms with Crippen molar-refractivity contribution in [1.82, 2.24) is 5.32 Å². The van der Waals surface area contributed by atoms with E-state index in [1.807, 2.05) is 0 Å². The first kappa shape index (κ1) is 12.0. The number of benzene rings is 1. The summed E-state index contributed by atoms with van der Waals surface area (Å²) in [7, 11) is 0. The van der Waals surface area contributed by atoms with Gasteiger partial charge in [0.25, 0.3) is 0 Å². The molecule has 1 aromatic rings. The molecule has 0 bridgehead atoms. The van der Waals surface area contributed by atoms with Crippen LogP contribution in [0.15, 0.2) is 24.3 Å². The zero-order chi connectivity index (χ0) is 12.2. The van der Waals surface area contributed by atoms with Crippen LogP contribution in [0.5, 0.6) is 0 Å². The predicted octanol–water partition coefficient (Wildman–Crippen LogP) is 2.83. The summed E-state index contributed by atoms with van der Waals surface area (Å²) in [5.74, 6) is 0.935. The van der Waals surface area contributed by atoms with Crippen molar-refractivity contribution in [3.8, 4) is 0 Å². The molecule has 98 valence electrons. The quantitative estimate of drug-likeness (QED) is 0.876. The minimum absolute atomic E-state index is 0.935. The van der Waals surface area contributed by atoms with Gasteiger partial charge in [0.2, 0.25) is 0 Å². The largest absolute Gasteiger partial charge is 0.371 e. The third-order valence-electron chi connectivity index (χ3n) is 4.41. The van der Waals surface area contributed by atoms with Gasteiger partial charge < -0.3 is 10.2 Å². The van der Waals surface area contributed by atoms with E-state index in [-0.39, 0.29) is 0 Å². The van der Waals surface area contributed by atoms with Gasteiger partial charge in [-0.3, -0.25) is 0 Å². The van der Waals surface area contributed by atoms with Crippen LogP contribution in [0.1, 0.15) is 31.2 Å².